The number of esters is 1. The number of halogens is 1. The molecule has 1 amide bonds. The van der Waals surface area contributed by atoms with E-state index in [2.05, 4.69) is 15.0 Å². The van der Waals surface area contributed by atoms with Gasteiger partial charge in [0.05, 0.1) is 12.7 Å². The number of anilines is 1. The van der Waals surface area contributed by atoms with Crippen LogP contribution in [0.5, 0.6) is 0 Å². The van der Waals surface area contributed by atoms with Crippen molar-refractivity contribution >= 4 is 17.6 Å². The lowest BCUT2D eigenvalue weighted by Gasteiger charge is -2.10. The van der Waals surface area contributed by atoms with Crippen LogP contribution in [0.1, 0.15) is 26.4 Å². The number of rotatable bonds is 4. The molecule has 0 saturated heterocycles. The van der Waals surface area contributed by atoms with Crippen molar-refractivity contribution in [2.24, 2.45) is 0 Å². The van der Waals surface area contributed by atoms with Crippen molar-refractivity contribution < 1.29 is 23.1 Å². The zero-order valence-electron chi connectivity index (χ0n) is 14.1. The number of ether oxygens (including phenoxy) is 1. The van der Waals surface area contributed by atoms with Crippen LogP contribution in [-0.2, 0) is 4.74 Å². The molecule has 3 aromatic rings. The van der Waals surface area contributed by atoms with Gasteiger partial charge in [0.1, 0.15) is 12.1 Å². The number of amides is 1. The second kappa shape index (κ2) is 7.18. The van der Waals surface area contributed by atoms with Gasteiger partial charge in [-0.1, -0.05) is 18.2 Å². The van der Waals surface area contributed by atoms with E-state index < -0.39 is 17.7 Å². The van der Waals surface area contributed by atoms with E-state index in [0.29, 0.717) is 5.89 Å². The molecule has 6 nitrogen and oxygen atoms in total. The topological polar surface area (TPSA) is 81.4 Å². The minimum atomic E-state index is -0.702. The lowest BCUT2D eigenvalue weighted by Crippen LogP contribution is -2.15. The Morgan fingerprint density at radius 1 is 1.19 bits per heavy atom. The highest BCUT2D eigenvalue weighted by Crippen LogP contribution is 2.23. The van der Waals surface area contributed by atoms with Crippen LogP contribution in [0.25, 0.3) is 11.5 Å². The zero-order chi connectivity index (χ0) is 18.7. The lowest BCUT2D eigenvalue weighted by atomic mass is 10.1. The second-order valence-electron chi connectivity index (χ2n) is 5.48. The first-order valence-corrected chi connectivity index (χ1v) is 7.70. The molecule has 1 aromatic heterocycles. The Balaban J connectivity index is 1.86. The number of hydrogen-bond donors (Lipinski definition) is 1. The summed E-state index contributed by atoms with van der Waals surface area (Å²) in [5, 5.41) is 2.54. The van der Waals surface area contributed by atoms with Crippen LogP contribution in [0.15, 0.2) is 53.1 Å². The Bertz CT molecular complexity index is 967. The van der Waals surface area contributed by atoms with Crippen molar-refractivity contribution in [1.29, 1.82) is 0 Å². The van der Waals surface area contributed by atoms with Gasteiger partial charge in [-0.2, -0.15) is 0 Å². The van der Waals surface area contributed by atoms with Crippen molar-refractivity contribution in [3.05, 3.63) is 71.4 Å². The van der Waals surface area contributed by atoms with Gasteiger partial charge in [0.25, 0.3) is 5.91 Å². The SMILES string of the molecule is COC(=O)c1cc(F)c(C)c(NC(=O)c2coc(-c3ccccc3)n2)c1. The molecule has 0 aliphatic rings. The Labute approximate surface area is 148 Å². The number of carbonyl (C=O) groups excluding carboxylic acids is 2. The van der Waals surface area contributed by atoms with Crippen LogP contribution in [0, 0.1) is 12.7 Å². The molecule has 0 unspecified atom stereocenters. The summed E-state index contributed by atoms with van der Waals surface area (Å²) in [5.74, 6) is -1.62. The highest BCUT2D eigenvalue weighted by atomic mass is 19.1. The maximum atomic E-state index is 14.0. The van der Waals surface area contributed by atoms with Crippen LogP contribution in [0.4, 0.5) is 10.1 Å². The Hall–Kier alpha value is -3.48. The van der Waals surface area contributed by atoms with Crippen molar-refractivity contribution in [2.75, 3.05) is 12.4 Å². The molecule has 0 atom stereocenters. The molecular weight excluding hydrogens is 339 g/mol. The van der Waals surface area contributed by atoms with Crippen LogP contribution in [-0.4, -0.2) is 24.0 Å². The molecule has 0 fully saturated rings. The third kappa shape index (κ3) is 3.46. The minimum absolute atomic E-state index is 0.00368. The quantitative estimate of drug-likeness (QED) is 0.720. The molecule has 1 N–H and O–H groups in total. The highest BCUT2D eigenvalue weighted by Gasteiger charge is 2.18. The monoisotopic (exact) mass is 354 g/mol. The summed E-state index contributed by atoms with van der Waals surface area (Å²) in [4.78, 5) is 28.2. The number of carbonyl (C=O) groups is 2. The zero-order valence-corrected chi connectivity index (χ0v) is 14.1. The summed E-state index contributed by atoms with van der Waals surface area (Å²) in [6, 6.07) is 11.5. The molecule has 1 heterocycles. The van der Waals surface area contributed by atoms with Crippen LogP contribution in [0.3, 0.4) is 0 Å². The Morgan fingerprint density at radius 2 is 1.92 bits per heavy atom. The average molecular weight is 354 g/mol. The van der Waals surface area contributed by atoms with Gasteiger partial charge in [-0.05, 0) is 31.2 Å². The van der Waals surface area contributed by atoms with E-state index >= 15 is 0 Å². The van der Waals surface area contributed by atoms with E-state index in [9.17, 15) is 14.0 Å². The van der Waals surface area contributed by atoms with Crippen molar-refractivity contribution in [3.63, 3.8) is 0 Å². The lowest BCUT2D eigenvalue weighted by molar-refractivity contribution is 0.0600. The Kier molecular flexibility index (Phi) is 4.79. The van der Waals surface area contributed by atoms with E-state index in [1.165, 1.54) is 26.4 Å². The van der Waals surface area contributed by atoms with E-state index in [0.717, 1.165) is 11.6 Å². The molecule has 132 valence electrons. The predicted molar refractivity (Wildman–Crippen MR) is 92.4 cm³/mol. The fourth-order valence-electron chi connectivity index (χ4n) is 2.32. The number of nitrogens with one attached hydrogen (secondary N) is 1. The summed E-state index contributed by atoms with van der Waals surface area (Å²) in [6.45, 7) is 1.49. The maximum Gasteiger partial charge on any atom is 0.338 e. The molecule has 26 heavy (non-hydrogen) atoms. The van der Waals surface area contributed by atoms with E-state index in [4.69, 9.17) is 4.42 Å². The number of aromatic nitrogens is 1. The fourth-order valence-corrected chi connectivity index (χ4v) is 2.32. The average Bonchev–Trinajstić information content (AvgIpc) is 3.15. The predicted octanol–water partition coefficient (Wildman–Crippen LogP) is 3.83. The van der Waals surface area contributed by atoms with E-state index in [1.54, 1.807) is 12.1 Å². The molecule has 7 heteroatoms. The van der Waals surface area contributed by atoms with E-state index in [1.807, 2.05) is 18.2 Å². The molecule has 0 bridgehead atoms. The smallest absolute Gasteiger partial charge is 0.338 e. The minimum Gasteiger partial charge on any atom is -0.465 e. The highest BCUT2D eigenvalue weighted by molar-refractivity contribution is 6.04. The summed E-state index contributed by atoms with van der Waals surface area (Å²) in [5.41, 5.74) is 1.10. The normalized spacial score (nSPS) is 10.4. The first-order chi connectivity index (χ1) is 12.5. The largest absolute Gasteiger partial charge is 0.465 e. The van der Waals surface area contributed by atoms with Gasteiger partial charge in [-0.25, -0.2) is 14.2 Å². The third-order valence-electron chi connectivity index (χ3n) is 3.77. The van der Waals surface area contributed by atoms with Gasteiger partial charge in [0.15, 0.2) is 5.69 Å². The molecule has 0 radical (unpaired) electrons. The number of benzene rings is 2. The second-order valence-corrected chi connectivity index (χ2v) is 5.48. The third-order valence-corrected chi connectivity index (χ3v) is 3.77. The molecule has 0 saturated carbocycles. The number of methoxy groups -OCH3 is 1. The molecule has 0 aliphatic carbocycles. The van der Waals surface area contributed by atoms with E-state index in [-0.39, 0.29) is 22.5 Å². The summed E-state index contributed by atoms with van der Waals surface area (Å²) >= 11 is 0. The summed E-state index contributed by atoms with van der Waals surface area (Å²) in [6.07, 6.45) is 1.22. The molecule has 0 spiro atoms. The fraction of sp³-hybridized carbons (Fsp3) is 0.105. The van der Waals surface area contributed by atoms with Gasteiger partial charge in [0.2, 0.25) is 5.89 Å². The van der Waals surface area contributed by atoms with Gasteiger partial charge in [-0.15, -0.1) is 0 Å². The molecular formula is C19H15FN2O4. The van der Waals surface area contributed by atoms with Gasteiger partial charge in [-0.3, -0.25) is 4.79 Å². The molecule has 0 aliphatic heterocycles. The van der Waals surface area contributed by atoms with Gasteiger partial charge < -0.3 is 14.5 Å². The van der Waals surface area contributed by atoms with Gasteiger partial charge >= 0.3 is 5.97 Å². The van der Waals surface area contributed by atoms with Crippen molar-refractivity contribution in [3.8, 4) is 11.5 Å². The maximum absolute atomic E-state index is 14.0. The summed E-state index contributed by atoms with van der Waals surface area (Å²) in [7, 11) is 1.19. The van der Waals surface area contributed by atoms with Crippen LogP contribution in [0.2, 0.25) is 0 Å². The number of nitrogens with zero attached hydrogens (tertiary/aromatic N) is 1. The number of hydrogen-bond acceptors (Lipinski definition) is 5. The standard InChI is InChI=1S/C19H15FN2O4/c1-11-14(20)8-13(19(24)25-2)9-15(11)21-17(23)16-10-26-18(22-16)12-6-4-3-5-7-12/h3-10H,1-2H3,(H,21,23). The Morgan fingerprint density at radius 3 is 2.62 bits per heavy atom. The molecule has 3 rings (SSSR count). The first kappa shape index (κ1) is 17.3. The van der Waals surface area contributed by atoms with Crippen molar-refractivity contribution in [1.82, 2.24) is 4.98 Å². The molecule has 2 aromatic carbocycles. The first-order valence-electron chi connectivity index (χ1n) is 7.70. The van der Waals surface area contributed by atoms with Crippen molar-refractivity contribution in [2.45, 2.75) is 6.92 Å². The van der Waals surface area contributed by atoms with Crippen LogP contribution >= 0.6 is 0 Å². The van der Waals surface area contributed by atoms with Crippen LogP contribution < -0.4 is 5.32 Å². The summed E-state index contributed by atoms with van der Waals surface area (Å²) < 4.78 is 23.9. The van der Waals surface area contributed by atoms with Gasteiger partial charge in [0, 0.05) is 16.8 Å². The number of oxazole rings is 1.